The van der Waals surface area contributed by atoms with Crippen LogP contribution in [-0.4, -0.2) is 18.7 Å². The summed E-state index contributed by atoms with van der Waals surface area (Å²) in [5, 5.41) is 0. The molecule has 0 atom stereocenters. The topological polar surface area (TPSA) is 12.0 Å². The van der Waals surface area contributed by atoms with Crippen molar-refractivity contribution in [2.45, 2.75) is 41.2 Å². The Balaban J connectivity index is 2.07. The molecule has 0 aliphatic carbocycles. The SMILES string of the molecule is Cc1cc(C)c(C[n+]2cn(-c3ccccc3N(C)C)c(C)c2C)c(C)c1. The van der Waals surface area contributed by atoms with E-state index < -0.39 is 0 Å². The molecule has 0 spiro atoms. The fourth-order valence-corrected chi connectivity index (χ4v) is 3.77. The van der Waals surface area contributed by atoms with Gasteiger partial charge in [0.1, 0.15) is 17.9 Å². The van der Waals surface area contributed by atoms with Crippen molar-refractivity contribution in [3.63, 3.8) is 0 Å². The van der Waals surface area contributed by atoms with E-state index in [0.29, 0.717) is 0 Å². The van der Waals surface area contributed by atoms with E-state index in [9.17, 15) is 0 Å². The zero-order valence-electron chi connectivity index (χ0n) is 17.1. The molecule has 136 valence electrons. The maximum Gasteiger partial charge on any atom is 0.249 e. The third kappa shape index (κ3) is 3.26. The van der Waals surface area contributed by atoms with Crippen molar-refractivity contribution in [3.8, 4) is 5.69 Å². The number of aryl methyl sites for hydroxylation is 3. The van der Waals surface area contributed by atoms with E-state index in [1.807, 2.05) is 0 Å². The maximum atomic E-state index is 2.37. The molecule has 0 N–H and O–H groups in total. The molecule has 3 rings (SSSR count). The first kappa shape index (κ1) is 18.2. The van der Waals surface area contributed by atoms with Crippen LogP contribution in [0.25, 0.3) is 5.69 Å². The van der Waals surface area contributed by atoms with Gasteiger partial charge in [-0.05, 0) is 49.6 Å². The van der Waals surface area contributed by atoms with Gasteiger partial charge in [0.2, 0.25) is 6.33 Å². The van der Waals surface area contributed by atoms with Crippen LogP contribution in [-0.2, 0) is 6.54 Å². The van der Waals surface area contributed by atoms with Gasteiger partial charge in [0.15, 0.2) is 5.69 Å². The molecule has 3 heteroatoms. The molecule has 0 fully saturated rings. The highest BCUT2D eigenvalue weighted by Gasteiger charge is 2.21. The Kier molecular flexibility index (Phi) is 4.90. The third-order valence-corrected chi connectivity index (χ3v) is 5.36. The molecule has 0 saturated carbocycles. The molecule has 2 aromatic carbocycles. The maximum absolute atomic E-state index is 2.37. The zero-order chi connectivity index (χ0) is 19.0. The summed E-state index contributed by atoms with van der Waals surface area (Å²) in [5.41, 5.74) is 10.5. The van der Waals surface area contributed by atoms with Gasteiger partial charge >= 0.3 is 0 Å². The summed E-state index contributed by atoms with van der Waals surface area (Å²) in [6.45, 7) is 11.9. The van der Waals surface area contributed by atoms with Crippen LogP contribution in [0.1, 0.15) is 33.6 Å². The number of hydrogen-bond donors (Lipinski definition) is 0. The standard InChI is InChI=1S/C23H30N3/c1-16-12-17(2)21(18(3)13-16)14-25-15-26(20(5)19(25)4)23-11-9-8-10-22(23)24(6)7/h8-13,15H,14H2,1-7H3/q+1. The van der Waals surface area contributed by atoms with Crippen LogP contribution < -0.4 is 9.47 Å². The molecule has 1 aromatic heterocycles. The van der Waals surface area contributed by atoms with Gasteiger partial charge in [0, 0.05) is 27.9 Å². The number of para-hydroxylation sites is 2. The lowest BCUT2D eigenvalue weighted by Crippen LogP contribution is -2.36. The first-order valence-corrected chi connectivity index (χ1v) is 9.21. The minimum Gasteiger partial charge on any atom is -0.374 e. The number of anilines is 1. The van der Waals surface area contributed by atoms with Crippen LogP contribution in [0.2, 0.25) is 0 Å². The van der Waals surface area contributed by atoms with E-state index in [-0.39, 0.29) is 0 Å². The minimum atomic E-state index is 0.905. The van der Waals surface area contributed by atoms with Crippen LogP contribution in [0.3, 0.4) is 0 Å². The largest absolute Gasteiger partial charge is 0.374 e. The van der Waals surface area contributed by atoms with E-state index in [4.69, 9.17) is 0 Å². The Morgan fingerprint density at radius 3 is 2.15 bits per heavy atom. The van der Waals surface area contributed by atoms with Crippen molar-refractivity contribution >= 4 is 5.69 Å². The monoisotopic (exact) mass is 348 g/mol. The number of imidazole rings is 1. The first-order chi connectivity index (χ1) is 12.3. The van der Waals surface area contributed by atoms with Crippen molar-refractivity contribution in [1.29, 1.82) is 0 Å². The van der Waals surface area contributed by atoms with Gasteiger partial charge in [0.25, 0.3) is 0 Å². The Morgan fingerprint density at radius 2 is 1.54 bits per heavy atom. The number of aromatic nitrogens is 2. The average molecular weight is 349 g/mol. The van der Waals surface area contributed by atoms with E-state index in [0.717, 1.165) is 6.54 Å². The predicted molar refractivity (Wildman–Crippen MR) is 110 cm³/mol. The number of hydrogen-bond acceptors (Lipinski definition) is 1. The van der Waals surface area contributed by atoms with Crippen LogP contribution in [0.4, 0.5) is 5.69 Å². The van der Waals surface area contributed by atoms with E-state index >= 15 is 0 Å². The fraction of sp³-hybridized carbons (Fsp3) is 0.348. The summed E-state index contributed by atoms with van der Waals surface area (Å²) in [4.78, 5) is 2.17. The lowest BCUT2D eigenvalue weighted by Gasteiger charge is -2.15. The summed E-state index contributed by atoms with van der Waals surface area (Å²) < 4.78 is 4.68. The van der Waals surface area contributed by atoms with Crippen LogP contribution >= 0.6 is 0 Å². The van der Waals surface area contributed by atoms with Crippen molar-refractivity contribution in [2.24, 2.45) is 0 Å². The van der Waals surface area contributed by atoms with Gasteiger partial charge in [-0.3, -0.25) is 0 Å². The highest BCUT2D eigenvalue weighted by molar-refractivity contribution is 5.62. The highest BCUT2D eigenvalue weighted by atomic mass is 15.2. The molecule has 0 bridgehead atoms. The molecule has 3 nitrogen and oxygen atoms in total. The number of benzene rings is 2. The third-order valence-electron chi connectivity index (χ3n) is 5.36. The van der Waals surface area contributed by atoms with Gasteiger partial charge in [-0.1, -0.05) is 29.8 Å². The molecule has 0 aliphatic rings. The van der Waals surface area contributed by atoms with Gasteiger partial charge in [0.05, 0.1) is 5.69 Å². The molecule has 26 heavy (non-hydrogen) atoms. The molecule has 0 saturated heterocycles. The normalized spacial score (nSPS) is 11.0. The minimum absolute atomic E-state index is 0.905. The quantitative estimate of drug-likeness (QED) is 0.636. The van der Waals surface area contributed by atoms with Crippen LogP contribution in [0, 0.1) is 34.6 Å². The van der Waals surface area contributed by atoms with E-state index in [1.165, 1.54) is 45.0 Å². The second-order valence-electron chi connectivity index (χ2n) is 7.54. The lowest BCUT2D eigenvalue weighted by atomic mass is 10.00. The molecular weight excluding hydrogens is 318 g/mol. The average Bonchev–Trinajstić information content (AvgIpc) is 2.86. The van der Waals surface area contributed by atoms with Gasteiger partial charge < -0.3 is 4.90 Å². The van der Waals surface area contributed by atoms with Crippen molar-refractivity contribution in [1.82, 2.24) is 4.57 Å². The second kappa shape index (κ2) is 6.99. The Labute approximate surface area is 157 Å². The van der Waals surface area contributed by atoms with Crippen LogP contribution in [0.5, 0.6) is 0 Å². The van der Waals surface area contributed by atoms with Crippen LogP contribution in [0.15, 0.2) is 42.7 Å². The van der Waals surface area contributed by atoms with Gasteiger partial charge in [-0.2, -0.15) is 4.57 Å². The molecule has 0 amide bonds. The zero-order valence-corrected chi connectivity index (χ0v) is 17.1. The molecule has 0 unspecified atom stereocenters. The summed E-state index contributed by atoms with van der Waals surface area (Å²) in [6.07, 6.45) is 2.24. The summed E-state index contributed by atoms with van der Waals surface area (Å²) in [5.74, 6) is 0. The van der Waals surface area contributed by atoms with Crippen molar-refractivity contribution < 1.29 is 4.57 Å². The van der Waals surface area contributed by atoms with Gasteiger partial charge in [-0.25, -0.2) is 4.57 Å². The van der Waals surface area contributed by atoms with Crippen molar-refractivity contribution in [2.75, 3.05) is 19.0 Å². The summed E-state index contributed by atoms with van der Waals surface area (Å²) >= 11 is 0. The Hall–Kier alpha value is -2.55. The van der Waals surface area contributed by atoms with E-state index in [2.05, 4.69) is 105 Å². The molecular formula is C23H30N3+. The molecule has 0 radical (unpaired) electrons. The van der Waals surface area contributed by atoms with E-state index in [1.54, 1.807) is 0 Å². The molecule has 0 aliphatic heterocycles. The predicted octanol–water partition coefficient (Wildman–Crippen LogP) is 4.42. The first-order valence-electron chi connectivity index (χ1n) is 9.21. The smallest absolute Gasteiger partial charge is 0.249 e. The summed E-state index contributed by atoms with van der Waals surface area (Å²) in [6, 6.07) is 13.1. The molecule has 1 heterocycles. The Morgan fingerprint density at radius 1 is 0.923 bits per heavy atom. The summed E-state index contributed by atoms with van der Waals surface area (Å²) in [7, 11) is 4.19. The number of nitrogens with zero attached hydrogens (tertiary/aromatic N) is 3. The number of rotatable bonds is 4. The highest BCUT2D eigenvalue weighted by Crippen LogP contribution is 2.24. The fourth-order valence-electron chi connectivity index (χ4n) is 3.77. The second-order valence-corrected chi connectivity index (χ2v) is 7.54. The van der Waals surface area contributed by atoms with Gasteiger partial charge in [-0.15, -0.1) is 0 Å². The van der Waals surface area contributed by atoms with Crippen molar-refractivity contribution in [3.05, 3.63) is 76.4 Å². The lowest BCUT2D eigenvalue weighted by molar-refractivity contribution is -0.693. The molecule has 3 aromatic rings. The Bertz CT molecular complexity index is 925.